The minimum absolute atomic E-state index is 0. The predicted molar refractivity (Wildman–Crippen MR) is 50.2 cm³/mol. The van der Waals surface area contributed by atoms with Crippen molar-refractivity contribution in [3.8, 4) is 0 Å². The van der Waals surface area contributed by atoms with E-state index in [1.807, 2.05) is 13.8 Å². The minimum Gasteiger partial charge on any atom is -0.395 e. The summed E-state index contributed by atoms with van der Waals surface area (Å²) in [6.45, 7) is 3.99. The largest absolute Gasteiger partial charge is 0.395 e. The Morgan fingerprint density at radius 2 is 2.08 bits per heavy atom. The van der Waals surface area contributed by atoms with Crippen LogP contribution in [-0.4, -0.2) is 30.2 Å². The van der Waals surface area contributed by atoms with Gasteiger partial charge in [0.25, 0.3) is 0 Å². The van der Waals surface area contributed by atoms with Crippen LogP contribution in [0.2, 0.25) is 0 Å². The molecule has 74 valence electrons. The molecule has 0 aromatic heterocycles. The second-order valence-corrected chi connectivity index (χ2v) is 2.78. The number of carbonyl (C=O) groups is 1. The van der Waals surface area contributed by atoms with Crippen molar-refractivity contribution in [1.82, 2.24) is 5.32 Å². The monoisotopic (exact) mass is 196 g/mol. The molecule has 0 saturated carbocycles. The summed E-state index contributed by atoms with van der Waals surface area (Å²) in [6, 6.07) is -0.471. The highest BCUT2D eigenvalue weighted by Crippen LogP contribution is 1.96. The average Bonchev–Trinajstić information content (AvgIpc) is 1.98. The van der Waals surface area contributed by atoms with Gasteiger partial charge in [-0.3, -0.25) is 4.79 Å². The lowest BCUT2D eigenvalue weighted by atomic mass is 10.1. The lowest BCUT2D eigenvalue weighted by molar-refractivity contribution is -0.123. The van der Waals surface area contributed by atoms with Gasteiger partial charge in [-0.1, -0.05) is 13.8 Å². The Balaban J connectivity index is 0. The lowest BCUT2D eigenvalue weighted by Crippen LogP contribution is -2.44. The second-order valence-electron chi connectivity index (χ2n) is 2.78. The quantitative estimate of drug-likeness (QED) is 0.568. The van der Waals surface area contributed by atoms with Crippen LogP contribution in [0.4, 0.5) is 0 Å². The number of amides is 1. The Hall–Kier alpha value is -0.320. The Morgan fingerprint density at radius 3 is 2.42 bits per heavy atom. The van der Waals surface area contributed by atoms with Gasteiger partial charge in [0.05, 0.1) is 12.6 Å². The normalized spacial score (nSPS) is 12.1. The van der Waals surface area contributed by atoms with Crippen molar-refractivity contribution in [2.45, 2.75) is 19.9 Å². The Morgan fingerprint density at radius 1 is 1.58 bits per heavy atom. The number of halogens is 1. The molecule has 5 heteroatoms. The Labute approximate surface area is 78.9 Å². The zero-order valence-corrected chi connectivity index (χ0v) is 8.23. The maximum absolute atomic E-state index is 11.0. The fraction of sp³-hybridized carbons (Fsp3) is 0.857. The highest BCUT2D eigenvalue weighted by Gasteiger charge is 2.15. The van der Waals surface area contributed by atoms with Crippen LogP contribution in [0.5, 0.6) is 0 Å². The summed E-state index contributed by atoms with van der Waals surface area (Å²) in [7, 11) is 0. The van der Waals surface area contributed by atoms with Crippen molar-refractivity contribution in [1.29, 1.82) is 0 Å². The zero-order valence-electron chi connectivity index (χ0n) is 7.41. The van der Waals surface area contributed by atoms with Crippen molar-refractivity contribution >= 4 is 18.3 Å². The first-order chi connectivity index (χ1) is 5.09. The van der Waals surface area contributed by atoms with Gasteiger partial charge in [-0.2, -0.15) is 0 Å². The van der Waals surface area contributed by atoms with Crippen molar-refractivity contribution in [3.63, 3.8) is 0 Å². The fourth-order valence-corrected chi connectivity index (χ4v) is 0.600. The van der Waals surface area contributed by atoms with E-state index in [1.165, 1.54) is 0 Å². The van der Waals surface area contributed by atoms with E-state index in [9.17, 15) is 4.79 Å². The van der Waals surface area contributed by atoms with Crippen LogP contribution in [0, 0.1) is 5.92 Å². The van der Waals surface area contributed by atoms with E-state index in [1.54, 1.807) is 0 Å². The maximum Gasteiger partial charge on any atom is 0.237 e. The van der Waals surface area contributed by atoms with Crippen LogP contribution in [0.1, 0.15) is 13.8 Å². The van der Waals surface area contributed by atoms with E-state index in [2.05, 4.69) is 5.32 Å². The van der Waals surface area contributed by atoms with E-state index in [0.717, 1.165) is 0 Å². The first-order valence-corrected chi connectivity index (χ1v) is 3.73. The maximum atomic E-state index is 11.0. The zero-order chi connectivity index (χ0) is 8.85. The molecule has 1 amide bonds. The molecular weight excluding hydrogens is 180 g/mol. The molecule has 1 unspecified atom stereocenters. The van der Waals surface area contributed by atoms with Gasteiger partial charge >= 0.3 is 0 Å². The van der Waals surface area contributed by atoms with E-state index in [0.29, 0.717) is 0 Å². The number of hydrogen-bond donors (Lipinski definition) is 3. The summed E-state index contributed by atoms with van der Waals surface area (Å²) < 4.78 is 0. The van der Waals surface area contributed by atoms with Crippen molar-refractivity contribution in [2.75, 3.05) is 13.2 Å². The molecule has 0 fully saturated rings. The standard InChI is InChI=1S/C7H16N2O2.ClH/c1-5(2)6(8)7(11)9-3-4-10;/h5-6,10H,3-4,8H2,1-2H3,(H,9,11);1H. The third kappa shape index (κ3) is 5.35. The topological polar surface area (TPSA) is 75.4 Å². The Bertz CT molecular complexity index is 131. The van der Waals surface area contributed by atoms with Gasteiger partial charge < -0.3 is 16.2 Å². The molecule has 0 saturated heterocycles. The number of rotatable bonds is 4. The van der Waals surface area contributed by atoms with Crippen molar-refractivity contribution in [2.24, 2.45) is 11.7 Å². The first-order valence-electron chi connectivity index (χ1n) is 3.73. The van der Waals surface area contributed by atoms with Crippen LogP contribution in [0.25, 0.3) is 0 Å². The van der Waals surface area contributed by atoms with Gasteiger partial charge in [0, 0.05) is 6.54 Å². The molecule has 4 N–H and O–H groups in total. The van der Waals surface area contributed by atoms with E-state index < -0.39 is 6.04 Å². The molecular formula is C7H17ClN2O2. The summed E-state index contributed by atoms with van der Waals surface area (Å²) in [5, 5.41) is 10.9. The summed E-state index contributed by atoms with van der Waals surface area (Å²) in [6.07, 6.45) is 0. The molecule has 0 aliphatic carbocycles. The first kappa shape index (κ1) is 14.2. The molecule has 0 aromatic rings. The van der Waals surface area contributed by atoms with Gasteiger partial charge in [-0.15, -0.1) is 12.4 Å². The SMILES string of the molecule is CC(C)C(N)C(=O)NCCO.Cl. The van der Waals surface area contributed by atoms with Crippen LogP contribution < -0.4 is 11.1 Å². The number of aliphatic hydroxyl groups is 1. The van der Waals surface area contributed by atoms with Crippen LogP contribution in [0.3, 0.4) is 0 Å². The number of nitrogens with one attached hydrogen (secondary N) is 1. The van der Waals surface area contributed by atoms with Gasteiger partial charge in [0.2, 0.25) is 5.91 Å². The minimum atomic E-state index is -0.471. The van der Waals surface area contributed by atoms with Crippen LogP contribution in [-0.2, 0) is 4.79 Å². The molecule has 0 aliphatic heterocycles. The number of carbonyl (C=O) groups excluding carboxylic acids is 1. The summed E-state index contributed by atoms with van der Waals surface area (Å²) >= 11 is 0. The molecule has 1 atom stereocenters. The van der Waals surface area contributed by atoms with Crippen molar-refractivity contribution < 1.29 is 9.90 Å². The molecule has 0 aliphatic rings. The van der Waals surface area contributed by atoms with Gasteiger partial charge in [0.1, 0.15) is 0 Å². The second kappa shape index (κ2) is 7.34. The lowest BCUT2D eigenvalue weighted by Gasteiger charge is -2.14. The van der Waals surface area contributed by atoms with E-state index in [-0.39, 0.29) is 37.4 Å². The number of aliphatic hydroxyl groups excluding tert-OH is 1. The Kier molecular flexibility index (Phi) is 8.69. The number of hydrogen-bond acceptors (Lipinski definition) is 3. The predicted octanol–water partition coefficient (Wildman–Crippen LogP) is -0.500. The smallest absolute Gasteiger partial charge is 0.237 e. The summed E-state index contributed by atoms with van der Waals surface area (Å²) in [4.78, 5) is 11.0. The number of nitrogens with two attached hydrogens (primary N) is 1. The molecule has 0 aromatic carbocycles. The highest BCUT2D eigenvalue weighted by atomic mass is 35.5. The molecule has 0 rings (SSSR count). The third-order valence-electron chi connectivity index (χ3n) is 1.43. The molecule has 12 heavy (non-hydrogen) atoms. The van der Waals surface area contributed by atoms with E-state index in [4.69, 9.17) is 10.8 Å². The average molecular weight is 197 g/mol. The molecule has 4 nitrogen and oxygen atoms in total. The molecule has 0 heterocycles. The molecule has 0 bridgehead atoms. The molecule has 0 spiro atoms. The highest BCUT2D eigenvalue weighted by molar-refractivity contribution is 5.85. The van der Waals surface area contributed by atoms with Crippen molar-refractivity contribution in [3.05, 3.63) is 0 Å². The van der Waals surface area contributed by atoms with Gasteiger partial charge in [0.15, 0.2) is 0 Å². The van der Waals surface area contributed by atoms with Gasteiger partial charge in [-0.25, -0.2) is 0 Å². The van der Waals surface area contributed by atoms with Gasteiger partial charge in [-0.05, 0) is 5.92 Å². The van der Waals surface area contributed by atoms with E-state index >= 15 is 0 Å². The third-order valence-corrected chi connectivity index (χ3v) is 1.43. The van der Waals surface area contributed by atoms with Crippen LogP contribution in [0.15, 0.2) is 0 Å². The fourth-order valence-electron chi connectivity index (χ4n) is 0.600. The molecule has 0 radical (unpaired) electrons. The summed E-state index contributed by atoms with van der Waals surface area (Å²) in [5.41, 5.74) is 5.51. The van der Waals surface area contributed by atoms with Crippen LogP contribution >= 0.6 is 12.4 Å². The summed E-state index contributed by atoms with van der Waals surface area (Å²) in [5.74, 6) is -0.0669.